The van der Waals surface area contributed by atoms with E-state index >= 15 is 0 Å². The fourth-order valence-electron chi connectivity index (χ4n) is 5.01. The third-order valence-corrected chi connectivity index (χ3v) is 6.38. The Balaban J connectivity index is 1.74. The fourth-order valence-corrected chi connectivity index (χ4v) is 5.01. The monoisotopic (exact) mass is 266 g/mol. The van der Waals surface area contributed by atoms with E-state index in [9.17, 15) is 9.90 Å². The summed E-state index contributed by atoms with van der Waals surface area (Å²) in [5, 5.41) is 10.7. The minimum atomic E-state index is -0.621. The number of aliphatic hydroxyl groups is 1. The van der Waals surface area contributed by atoms with Gasteiger partial charge >= 0.3 is 5.97 Å². The Morgan fingerprint density at radius 3 is 2.79 bits per heavy atom. The number of esters is 1. The second-order valence-corrected chi connectivity index (χ2v) is 7.42. The first-order valence-electron chi connectivity index (χ1n) is 7.45. The van der Waals surface area contributed by atoms with Crippen molar-refractivity contribution in [3.63, 3.8) is 0 Å². The minimum Gasteiger partial charge on any atom is -0.459 e. The molecule has 0 radical (unpaired) electrons. The van der Waals surface area contributed by atoms with Crippen molar-refractivity contribution in [2.45, 2.75) is 63.4 Å². The third-order valence-electron chi connectivity index (χ3n) is 6.38. The highest BCUT2D eigenvalue weighted by Crippen LogP contribution is 2.62. The van der Waals surface area contributed by atoms with Gasteiger partial charge in [0.2, 0.25) is 0 Å². The van der Waals surface area contributed by atoms with Crippen molar-refractivity contribution in [1.29, 1.82) is 0 Å². The number of carbonyl (C=O) groups excluding carboxylic acids is 1. The highest BCUT2D eigenvalue weighted by molar-refractivity contribution is 5.75. The zero-order valence-corrected chi connectivity index (χ0v) is 11.8. The summed E-state index contributed by atoms with van der Waals surface area (Å²) < 4.78 is 11.5. The van der Waals surface area contributed by atoms with Crippen LogP contribution in [0.4, 0.5) is 0 Å². The van der Waals surface area contributed by atoms with Crippen LogP contribution in [0.5, 0.6) is 0 Å². The number of hydrogen-bond acceptors (Lipinski definition) is 4. The molecule has 0 amide bonds. The molecule has 4 fully saturated rings. The molecular formula is C15H22O4. The van der Waals surface area contributed by atoms with E-state index in [1.54, 1.807) is 0 Å². The van der Waals surface area contributed by atoms with Crippen LogP contribution < -0.4 is 0 Å². The fraction of sp³-hybridized carbons (Fsp3) is 0.933. The summed E-state index contributed by atoms with van der Waals surface area (Å²) in [5.41, 5.74) is -0.806. The molecule has 2 aliphatic carbocycles. The van der Waals surface area contributed by atoms with Gasteiger partial charge in [0.05, 0.1) is 17.1 Å². The predicted octanol–water partition coefficient (Wildman–Crippen LogP) is 1.50. The van der Waals surface area contributed by atoms with Crippen molar-refractivity contribution in [3.8, 4) is 0 Å². The minimum absolute atomic E-state index is 0.0512. The summed E-state index contributed by atoms with van der Waals surface area (Å²) >= 11 is 0. The van der Waals surface area contributed by atoms with Crippen molar-refractivity contribution in [2.24, 2.45) is 23.7 Å². The van der Waals surface area contributed by atoms with Crippen LogP contribution in [-0.4, -0.2) is 34.5 Å². The predicted molar refractivity (Wildman–Crippen MR) is 67.3 cm³/mol. The molecule has 106 valence electrons. The molecule has 4 nitrogen and oxygen atoms in total. The summed E-state index contributed by atoms with van der Waals surface area (Å²) in [5.74, 6) is 0.690. The number of carbonyl (C=O) groups is 1. The molecule has 0 spiro atoms. The van der Waals surface area contributed by atoms with Crippen molar-refractivity contribution >= 4 is 5.97 Å². The van der Waals surface area contributed by atoms with Gasteiger partial charge in [-0.3, -0.25) is 4.79 Å². The van der Waals surface area contributed by atoms with E-state index in [2.05, 4.69) is 6.92 Å². The first-order valence-corrected chi connectivity index (χ1v) is 7.45. The average Bonchev–Trinajstić information content (AvgIpc) is 2.83. The lowest BCUT2D eigenvalue weighted by atomic mass is 9.76. The molecule has 4 aliphatic rings. The highest BCUT2D eigenvalue weighted by Gasteiger charge is 2.71. The van der Waals surface area contributed by atoms with Crippen LogP contribution in [0.3, 0.4) is 0 Å². The summed E-state index contributed by atoms with van der Waals surface area (Å²) in [6.07, 6.45) is 2.72. The molecule has 2 saturated carbocycles. The lowest BCUT2D eigenvalue weighted by molar-refractivity contribution is -0.144. The molecule has 0 unspecified atom stereocenters. The van der Waals surface area contributed by atoms with Gasteiger partial charge in [0, 0.05) is 5.92 Å². The Morgan fingerprint density at radius 1 is 1.32 bits per heavy atom. The largest absolute Gasteiger partial charge is 0.459 e. The number of epoxide rings is 1. The second kappa shape index (κ2) is 3.34. The molecule has 0 bridgehead atoms. The van der Waals surface area contributed by atoms with Crippen molar-refractivity contribution in [1.82, 2.24) is 0 Å². The van der Waals surface area contributed by atoms with Gasteiger partial charge in [-0.1, -0.05) is 6.92 Å². The number of rotatable bonds is 0. The van der Waals surface area contributed by atoms with Crippen LogP contribution in [0.15, 0.2) is 0 Å². The van der Waals surface area contributed by atoms with Crippen molar-refractivity contribution in [3.05, 3.63) is 0 Å². The molecule has 0 aromatic carbocycles. The molecule has 2 aliphatic heterocycles. The smallest absolute Gasteiger partial charge is 0.309 e. The van der Waals surface area contributed by atoms with Crippen molar-refractivity contribution in [2.75, 3.05) is 0 Å². The van der Waals surface area contributed by atoms with E-state index in [-0.39, 0.29) is 41.5 Å². The van der Waals surface area contributed by atoms with Gasteiger partial charge in [-0.05, 0) is 44.9 Å². The molecule has 0 aromatic rings. The van der Waals surface area contributed by atoms with Gasteiger partial charge in [0.15, 0.2) is 0 Å². The van der Waals surface area contributed by atoms with Gasteiger partial charge in [-0.2, -0.15) is 0 Å². The Morgan fingerprint density at radius 2 is 2.05 bits per heavy atom. The molecule has 1 N–H and O–H groups in total. The van der Waals surface area contributed by atoms with Crippen LogP contribution in [0.1, 0.15) is 40.0 Å². The number of fused-ring (bicyclic) bond motifs is 5. The maximum atomic E-state index is 11.8. The molecule has 4 heteroatoms. The Labute approximate surface area is 113 Å². The quantitative estimate of drug-likeness (QED) is 0.533. The summed E-state index contributed by atoms with van der Waals surface area (Å²) in [6.45, 7) is 6.04. The number of hydrogen-bond donors (Lipinski definition) is 1. The van der Waals surface area contributed by atoms with Crippen molar-refractivity contribution < 1.29 is 19.4 Å². The lowest BCUT2D eigenvalue weighted by Gasteiger charge is -2.32. The molecule has 8 atom stereocenters. The topological polar surface area (TPSA) is 59.1 Å². The normalized spacial score (nSPS) is 62.8. The van der Waals surface area contributed by atoms with Crippen LogP contribution in [0.25, 0.3) is 0 Å². The van der Waals surface area contributed by atoms with Gasteiger partial charge < -0.3 is 14.6 Å². The SMILES string of the molecule is C[C@@H]1C(=O)O[C@@H]2[C@@H]1C[C@@H]1[C@H](CC[C@@]1(C)O)[C@@]1(C)O[C@@H]21. The number of ether oxygens (including phenoxy) is 2. The molecule has 2 saturated heterocycles. The Bertz CT molecular complexity index is 445. The Kier molecular flexibility index (Phi) is 2.14. The zero-order valence-electron chi connectivity index (χ0n) is 11.8. The molecular weight excluding hydrogens is 244 g/mol. The standard InChI is InChI=1S/C15H22O4/c1-7-8-6-10-9(4-5-14(10,2)17)15(3)12(19-15)11(8)18-13(7)16/h7-12,17H,4-6H2,1-3H3/t7-,8+,9-,10+,11+,12-,14+,15+/m0/s1. The molecule has 2 heterocycles. The summed E-state index contributed by atoms with van der Waals surface area (Å²) in [7, 11) is 0. The van der Waals surface area contributed by atoms with Crippen LogP contribution in [0, 0.1) is 23.7 Å². The van der Waals surface area contributed by atoms with E-state index in [4.69, 9.17) is 9.47 Å². The van der Waals surface area contributed by atoms with E-state index in [1.165, 1.54) is 0 Å². The summed E-state index contributed by atoms with van der Waals surface area (Å²) in [4.78, 5) is 11.8. The summed E-state index contributed by atoms with van der Waals surface area (Å²) in [6, 6.07) is 0. The van der Waals surface area contributed by atoms with Crippen LogP contribution in [0.2, 0.25) is 0 Å². The second-order valence-electron chi connectivity index (χ2n) is 7.42. The lowest BCUT2D eigenvalue weighted by Crippen LogP contribution is -2.37. The zero-order chi connectivity index (χ0) is 13.6. The third kappa shape index (κ3) is 1.39. The average molecular weight is 266 g/mol. The van der Waals surface area contributed by atoms with Gasteiger partial charge in [0.1, 0.15) is 12.2 Å². The van der Waals surface area contributed by atoms with Gasteiger partial charge in [0.25, 0.3) is 0 Å². The van der Waals surface area contributed by atoms with E-state index in [0.717, 1.165) is 19.3 Å². The maximum Gasteiger partial charge on any atom is 0.309 e. The molecule has 19 heavy (non-hydrogen) atoms. The van der Waals surface area contributed by atoms with Gasteiger partial charge in [-0.15, -0.1) is 0 Å². The van der Waals surface area contributed by atoms with Crippen LogP contribution >= 0.6 is 0 Å². The highest BCUT2D eigenvalue weighted by atomic mass is 16.6. The first kappa shape index (κ1) is 12.2. The van der Waals surface area contributed by atoms with Gasteiger partial charge in [-0.25, -0.2) is 0 Å². The van der Waals surface area contributed by atoms with E-state index < -0.39 is 5.60 Å². The maximum absolute atomic E-state index is 11.8. The molecule has 0 aromatic heterocycles. The van der Waals surface area contributed by atoms with Crippen LogP contribution in [-0.2, 0) is 14.3 Å². The van der Waals surface area contributed by atoms with E-state index in [1.807, 2.05) is 13.8 Å². The van der Waals surface area contributed by atoms with E-state index in [0.29, 0.717) is 5.92 Å². The first-order chi connectivity index (χ1) is 8.84. The Hall–Kier alpha value is -0.610. The molecule has 4 rings (SSSR count).